The van der Waals surface area contributed by atoms with Crippen molar-refractivity contribution >= 4 is 5.91 Å². The van der Waals surface area contributed by atoms with Crippen LogP contribution in [-0.4, -0.2) is 44.0 Å². The third-order valence-electron chi connectivity index (χ3n) is 4.03. The standard InChI is InChI=1S/C15H31N3O/c1-11(2)6-13(9-18(4)5)17-14(19)15(10-16)7-12(3)8-15/h11-13H,6-10,16H2,1-5H3,(H,17,19). The van der Waals surface area contributed by atoms with Gasteiger partial charge in [0.2, 0.25) is 5.91 Å². The van der Waals surface area contributed by atoms with E-state index in [1.54, 1.807) is 0 Å². The van der Waals surface area contributed by atoms with Gasteiger partial charge in [-0.05, 0) is 45.2 Å². The van der Waals surface area contributed by atoms with Crippen molar-refractivity contribution in [3.8, 4) is 0 Å². The summed E-state index contributed by atoms with van der Waals surface area (Å²) in [5, 5.41) is 3.23. The summed E-state index contributed by atoms with van der Waals surface area (Å²) in [6.07, 6.45) is 2.89. The summed E-state index contributed by atoms with van der Waals surface area (Å²) >= 11 is 0. The van der Waals surface area contributed by atoms with Gasteiger partial charge in [-0.3, -0.25) is 4.79 Å². The van der Waals surface area contributed by atoms with Crippen LogP contribution in [0.4, 0.5) is 0 Å². The van der Waals surface area contributed by atoms with Gasteiger partial charge in [0.1, 0.15) is 0 Å². The number of amides is 1. The van der Waals surface area contributed by atoms with Crippen LogP contribution in [0.3, 0.4) is 0 Å². The minimum atomic E-state index is -0.291. The molecule has 19 heavy (non-hydrogen) atoms. The average molecular weight is 269 g/mol. The van der Waals surface area contributed by atoms with E-state index in [1.165, 1.54) is 0 Å². The summed E-state index contributed by atoms with van der Waals surface area (Å²) in [5.41, 5.74) is 5.55. The smallest absolute Gasteiger partial charge is 0.227 e. The highest BCUT2D eigenvalue weighted by Crippen LogP contribution is 2.44. The van der Waals surface area contributed by atoms with Crippen LogP contribution in [-0.2, 0) is 4.79 Å². The molecule has 0 spiro atoms. The molecule has 1 atom stereocenters. The number of nitrogens with zero attached hydrogens (tertiary/aromatic N) is 1. The first kappa shape index (κ1) is 16.4. The SMILES string of the molecule is CC(C)CC(CN(C)C)NC(=O)C1(CN)CC(C)C1. The van der Waals surface area contributed by atoms with E-state index >= 15 is 0 Å². The third kappa shape index (κ3) is 4.46. The van der Waals surface area contributed by atoms with Crippen LogP contribution < -0.4 is 11.1 Å². The van der Waals surface area contributed by atoms with Crippen LogP contribution in [0.2, 0.25) is 0 Å². The zero-order chi connectivity index (χ0) is 14.6. The molecule has 1 aliphatic carbocycles. The molecule has 4 heteroatoms. The Morgan fingerprint density at radius 2 is 2.00 bits per heavy atom. The lowest BCUT2D eigenvalue weighted by molar-refractivity contribution is -0.139. The van der Waals surface area contributed by atoms with Gasteiger partial charge < -0.3 is 16.0 Å². The van der Waals surface area contributed by atoms with E-state index in [9.17, 15) is 4.79 Å². The first-order valence-electron chi connectivity index (χ1n) is 7.45. The Hall–Kier alpha value is -0.610. The molecule has 0 bridgehead atoms. The fourth-order valence-corrected chi connectivity index (χ4v) is 3.25. The van der Waals surface area contributed by atoms with Crippen LogP contribution in [0.1, 0.15) is 40.0 Å². The molecule has 4 nitrogen and oxygen atoms in total. The number of carbonyl (C=O) groups is 1. The lowest BCUT2D eigenvalue weighted by Crippen LogP contribution is -2.56. The Balaban J connectivity index is 2.59. The van der Waals surface area contributed by atoms with Crippen molar-refractivity contribution in [3.05, 3.63) is 0 Å². The molecule has 0 aromatic heterocycles. The lowest BCUT2D eigenvalue weighted by atomic mass is 9.62. The van der Waals surface area contributed by atoms with E-state index in [-0.39, 0.29) is 17.4 Å². The zero-order valence-electron chi connectivity index (χ0n) is 13.2. The van der Waals surface area contributed by atoms with Gasteiger partial charge in [0.25, 0.3) is 0 Å². The molecule has 112 valence electrons. The van der Waals surface area contributed by atoms with Gasteiger partial charge in [-0.25, -0.2) is 0 Å². The second-order valence-corrected chi connectivity index (χ2v) is 7.06. The zero-order valence-corrected chi connectivity index (χ0v) is 13.2. The number of nitrogens with two attached hydrogens (primary N) is 1. The number of carbonyl (C=O) groups excluding carboxylic acids is 1. The van der Waals surface area contributed by atoms with Gasteiger partial charge in [-0.1, -0.05) is 20.8 Å². The Bertz CT molecular complexity index is 286. The number of likely N-dealkylation sites (N-methyl/N-ethyl adjacent to an activating group) is 1. The lowest BCUT2D eigenvalue weighted by Gasteiger charge is -2.45. The van der Waals surface area contributed by atoms with E-state index in [0.717, 1.165) is 25.8 Å². The quantitative estimate of drug-likeness (QED) is 0.735. The summed E-state index contributed by atoms with van der Waals surface area (Å²) in [7, 11) is 4.09. The highest BCUT2D eigenvalue weighted by Gasteiger charge is 2.47. The average Bonchev–Trinajstić information content (AvgIpc) is 2.22. The summed E-state index contributed by atoms with van der Waals surface area (Å²) in [5.74, 6) is 1.38. The van der Waals surface area contributed by atoms with Crippen molar-refractivity contribution in [3.63, 3.8) is 0 Å². The first-order valence-corrected chi connectivity index (χ1v) is 7.45. The Labute approximate surface area is 118 Å². The normalized spacial score (nSPS) is 28.3. The molecule has 1 aliphatic rings. The second-order valence-electron chi connectivity index (χ2n) is 7.06. The molecule has 0 aromatic rings. The molecule has 1 saturated carbocycles. The second kappa shape index (κ2) is 6.71. The summed E-state index contributed by atoms with van der Waals surface area (Å²) in [4.78, 5) is 14.6. The Morgan fingerprint density at radius 3 is 2.37 bits per heavy atom. The van der Waals surface area contributed by atoms with Crippen LogP contribution in [0, 0.1) is 17.3 Å². The van der Waals surface area contributed by atoms with Gasteiger partial charge in [0.15, 0.2) is 0 Å². The van der Waals surface area contributed by atoms with Gasteiger partial charge >= 0.3 is 0 Å². The van der Waals surface area contributed by atoms with E-state index in [2.05, 4.69) is 31.0 Å². The van der Waals surface area contributed by atoms with Gasteiger partial charge in [-0.2, -0.15) is 0 Å². The van der Waals surface area contributed by atoms with Crippen LogP contribution in [0.15, 0.2) is 0 Å². The molecule has 0 heterocycles. The van der Waals surface area contributed by atoms with Crippen molar-refractivity contribution in [1.29, 1.82) is 0 Å². The summed E-state index contributed by atoms with van der Waals surface area (Å²) in [6, 6.07) is 0.224. The molecule has 1 rings (SSSR count). The fraction of sp³-hybridized carbons (Fsp3) is 0.933. The largest absolute Gasteiger partial charge is 0.352 e. The fourth-order valence-electron chi connectivity index (χ4n) is 3.25. The summed E-state index contributed by atoms with van der Waals surface area (Å²) < 4.78 is 0. The van der Waals surface area contributed by atoms with E-state index in [1.807, 2.05) is 14.1 Å². The summed E-state index contributed by atoms with van der Waals surface area (Å²) in [6.45, 7) is 7.93. The van der Waals surface area contributed by atoms with Gasteiger partial charge in [0, 0.05) is 19.1 Å². The van der Waals surface area contributed by atoms with E-state index in [4.69, 9.17) is 5.73 Å². The number of hydrogen-bond donors (Lipinski definition) is 2. The molecule has 1 amide bonds. The maximum Gasteiger partial charge on any atom is 0.227 e. The molecular weight excluding hydrogens is 238 g/mol. The van der Waals surface area contributed by atoms with Crippen molar-refractivity contribution in [2.45, 2.75) is 46.1 Å². The predicted octanol–water partition coefficient (Wildman–Crippen LogP) is 1.45. The number of rotatable bonds is 7. The Morgan fingerprint density at radius 1 is 1.42 bits per heavy atom. The molecule has 3 N–H and O–H groups in total. The van der Waals surface area contributed by atoms with Crippen LogP contribution in [0.5, 0.6) is 0 Å². The molecular formula is C15H31N3O. The minimum absolute atomic E-state index is 0.167. The number of hydrogen-bond acceptors (Lipinski definition) is 3. The monoisotopic (exact) mass is 269 g/mol. The molecule has 1 fully saturated rings. The topological polar surface area (TPSA) is 58.4 Å². The molecule has 1 unspecified atom stereocenters. The molecule has 0 radical (unpaired) electrons. The van der Waals surface area contributed by atoms with Gasteiger partial charge in [-0.15, -0.1) is 0 Å². The van der Waals surface area contributed by atoms with Crippen LogP contribution >= 0.6 is 0 Å². The maximum absolute atomic E-state index is 12.5. The minimum Gasteiger partial charge on any atom is -0.352 e. The highest BCUT2D eigenvalue weighted by molar-refractivity contribution is 5.84. The number of nitrogens with one attached hydrogen (secondary N) is 1. The van der Waals surface area contributed by atoms with Crippen LogP contribution in [0.25, 0.3) is 0 Å². The molecule has 0 aromatic carbocycles. The molecule has 0 aliphatic heterocycles. The van der Waals surface area contributed by atoms with Crippen molar-refractivity contribution < 1.29 is 4.79 Å². The van der Waals surface area contributed by atoms with Crippen molar-refractivity contribution in [2.75, 3.05) is 27.2 Å². The predicted molar refractivity (Wildman–Crippen MR) is 79.8 cm³/mol. The van der Waals surface area contributed by atoms with Crippen molar-refractivity contribution in [1.82, 2.24) is 10.2 Å². The van der Waals surface area contributed by atoms with Crippen molar-refractivity contribution in [2.24, 2.45) is 23.0 Å². The van der Waals surface area contributed by atoms with E-state index in [0.29, 0.717) is 18.4 Å². The van der Waals surface area contributed by atoms with E-state index < -0.39 is 0 Å². The first-order chi connectivity index (χ1) is 8.79. The maximum atomic E-state index is 12.5. The van der Waals surface area contributed by atoms with Gasteiger partial charge in [0.05, 0.1) is 5.41 Å². The Kier molecular flexibility index (Phi) is 5.81. The third-order valence-corrected chi connectivity index (χ3v) is 4.03. The molecule has 0 saturated heterocycles. The highest BCUT2D eigenvalue weighted by atomic mass is 16.2.